The number of benzene rings is 1. The molecule has 0 spiro atoms. The Hall–Kier alpha value is -2.04. The summed E-state index contributed by atoms with van der Waals surface area (Å²) in [6.07, 6.45) is 0.287. The molecule has 1 unspecified atom stereocenters. The van der Waals surface area contributed by atoms with Gasteiger partial charge in [0, 0.05) is 18.2 Å². The Bertz CT molecular complexity index is 469. The van der Waals surface area contributed by atoms with Crippen molar-refractivity contribution in [2.75, 3.05) is 12.3 Å². The average molecular weight is 278 g/mol. The lowest BCUT2D eigenvalue weighted by Gasteiger charge is -2.26. The summed E-state index contributed by atoms with van der Waals surface area (Å²) in [5.41, 5.74) is 7.33. The van der Waals surface area contributed by atoms with Gasteiger partial charge >= 0.3 is 5.97 Å². The van der Waals surface area contributed by atoms with Crippen LogP contribution in [0.3, 0.4) is 0 Å². The van der Waals surface area contributed by atoms with E-state index in [-0.39, 0.29) is 30.8 Å². The smallest absolute Gasteiger partial charge is 0.323 e. The predicted octanol–water partition coefficient (Wildman–Crippen LogP) is 2.08. The van der Waals surface area contributed by atoms with E-state index in [1.807, 2.05) is 32.9 Å². The minimum absolute atomic E-state index is 0.0261. The molecule has 1 atom stereocenters. The molecule has 0 bridgehead atoms. The zero-order valence-electron chi connectivity index (χ0n) is 12.2. The Morgan fingerprint density at radius 3 is 2.20 bits per heavy atom. The Kier molecular flexibility index (Phi) is 5.55. The van der Waals surface area contributed by atoms with Crippen LogP contribution in [0.25, 0.3) is 0 Å². The van der Waals surface area contributed by atoms with Crippen molar-refractivity contribution in [1.29, 1.82) is 0 Å². The van der Waals surface area contributed by atoms with Gasteiger partial charge in [-0.3, -0.25) is 9.59 Å². The Morgan fingerprint density at radius 1 is 1.20 bits per heavy atom. The van der Waals surface area contributed by atoms with E-state index in [1.54, 1.807) is 12.1 Å². The summed E-state index contributed by atoms with van der Waals surface area (Å²) in [6.45, 7) is 5.32. The third-order valence-electron chi connectivity index (χ3n) is 3.24. The second-order valence-corrected chi connectivity index (χ2v) is 5.28. The summed E-state index contributed by atoms with van der Waals surface area (Å²) in [5.74, 6) is -1.11. The van der Waals surface area contributed by atoms with Crippen LogP contribution in [0.15, 0.2) is 24.3 Å². The van der Waals surface area contributed by atoms with Gasteiger partial charge in [-0.05, 0) is 37.5 Å². The van der Waals surface area contributed by atoms with Gasteiger partial charge in [-0.2, -0.15) is 0 Å². The first-order valence-electron chi connectivity index (χ1n) is 6.68. The molecule has 0 heterocycles. The molecule has 0 aliphatic carbocycles. The van der Waals surface area contributed by atoms with Crippen LogP contribution in [0.4, 0.5) is 5.69 Å². The predicted molar refractivity (Wildman–Crippen MR) is 78.4 cm³/mol. The zero-order chi connectivity index (χ0) is 15.3. The molecule has 0 aliphatic heterocycles. The van der Waals surface area contributed by atoms with Gasteiger partial charge in [-0.25, -0.2) is 0 Å². The number of aliphatic carboxylic acids is 1. The van der Waals surface area contributed by atoms with Crippen molar-refractivity contribution in [1.82, 2.24) is 4.90 Å². The maximum Gasteiger partial charge on any atom is 0.323 e. The normalized spacial score (nSPS) is 12.2. The van der Waals surface area contributed by atoms with Crippen molar-refractivity contribution in [2.24, 2.45) is 0 Å². The molecular formula is C15H22N2O3. The van der Waals surface area contributed by atoms with Gasteiger partial charge in [0.15, 0.2) is 0 Å². The van der Waals surface area contributed by atoms with Crippen molar-refractivity contribution < 1.29 is 14.7 Å². The fourth-order valence-electron chi connectivity index (χ4n) is 2.03. The van der Waals surface area contributed by atoms with Crippen LogP contribution in [0.1, 0.15) is 38.7 Å². The zero-order valence-corrected chi connectivity index (χ0v) is 12.2. The van der Waals surface area contributed by atoms with Gasteiger partial charge in [0.1, 0.15) is 6.54 Å². The second-order valence-electron chi connectivity index (χ2n) is 5.28. The first kappa shape index (κ1) is 16.0. The molecule has 1 aromatic rings. The van der Waals surface area contributed by atoms with Gasteiger partial charge in [0.25, 0.3) is 0 Å². The first-order chi connectivity index (χ1) is 9.31. The van der Waals surface area contributed by atoms with E-state index in [0.717, 1.165) is 5.56 Å². The fraction of sp³-hybridized carbons (Fsp3) is 0.467. The number of hydrogen-bond acceptors (Lipinski definition) is 3. The molecule has 110 valence electrons. The van der Waals surface area contributed by atoms with Gasteiger partial charge in [0.05, 0.1) is 0 Å². The number of carbonyl (C=O) groups is 2. The molecule has 0 aliphatic rings. The van der Waals surface area contributed by atoms with Crippen LogP contribution in [0.5, 0.6) is 0 Å². The lowest BCUT2D eigenvalue weighted by molar-refractivity contribution is -0.145. The molecule has 0 saturated carbocycles. The fourth-order valence-corrected chi connectivity index (χ4v) is 2.03. The highest BCUT2D eigenvalue weighted by Crippen LogP contribution is 2.21. The monoisotopic (exact) mass is 278 g/mol. The lowest BCUT2D eigenvalue weighted by atomic mass is 9.96. The number of nitrogens with two attached hydrogens (primary N) is 1. The highest BCUT2D eigenvalue weighted by Gasteiger charge is 2.22. The standard InChI is InChI=1S/C15H22N2O3/c1-10(2)17(9-15(19)20)14(18)8-11(3)12-4-6-13(16)7-5-12/h4-7,10-11H,8-9,16H2,1-3H3,(H,19,20). The maximum atomic E-state index is 12.2. The number of nitrogen functional groups attached to an aromatic ring is 1. The largest absolute Gasteiger partial charge is 0.480 e. The van der Waals surface area contributed by atoms with E-state index < -0.39 is 5.97 Å². The number of carboxylic acids is 1. The van der Waals surface area contributed by atoms with Gasteiger partial charge < -0.3 is 15.7 Å². The lowest BCUT2D eigenvalue weighted by Crippen LogP contribution is -2.41. The molecule has 5 nitrogen and oxygen atoms in total. The number of hydrogen-bond donors (Lipinski definition) is 2. The van der Waals surface area contributed by atoms with E-state index in [9.17, 15) is 9.59 Å². The number of rotatable bonds is 6. The molecule has 1 rings (SSSR count). The van der Waals surface area contributed by atoms with Crippen LogP contribution >= 0.6 is 0 Å². The summed E-state index contributed by atoms with van der Waals surface area (Å²) in [7, 11) is 0. The number of carboxylic acid groups (broad SMARTS) is 1. The second kappa shape index (κ2) is 6.93. The van der Waals surface area contributed by atoms with Crippen molar-refractivity contribution in [3.8, 4) is 0 Å². The summed E-state index contributed by atoms with van der Waals surface area (Å²) in [5, 5.41) is 8.86. The average Bonchev–Trinajstić information content (AvgIpc) is 2.35. The number of anilines is 1. The number of carbonyl (C=O) groups excluding carboxylic acids is 1. The number of nitrogens with zero attached hydrogens (tertiary/aromatic N) is 1. The molecular weight excluding hydrogens is 256 g/mol. The molecule has 0 aromatic heterocycles. The van der Waals surface area contributed by atoms with Crippen molar-refractivity contribution in [3.05, 3.63) is 29.8 Å². The van der Waals surface area contributed by atoms with Crippen LogP contribution in [-0.2, 0) is 9.59 Å². The van der Waals surface area contributed by atoms with Crippen molar-refractivity contribution in [2.45, 2.75) is 39.2 Å². The topological polar surface area (TPSA) is 83.6 Å². The minimum Gasteiger partial charge on any atom is -0.480 e. The molecule has 5 heteroatoms. The van der Waals surface area contributed by atoms with Crippen LogP contribution in [0.2, 0.25) is 0 Å². The SMILES string of the molecule is CC(CC(=O)N(CC(=O)O)C(C)C)c1ccc(N)cc1. The van der Waals surface area contributed by atoms with Crippen LogP contribution in [0, 0.1) is 0 Å². The van der Waals surface area contributed by atoms with Crippen molar-refractivity contribution in [3.63, 3.8) is 0 Å². The molecule has 1 aromatic carbocycles. The van der Waals surface area contributed by atoms with E-state index >= 15 is 0 Å². The summed E-state index contributed by atoms with van der Waals surface area (Å²) >= 11 is 0. The van der Waals surface area contributed by atoms with Crippen LogP contribution < -0.4 is 5.73 Å². The van der Waals surface area contributed by atoms with E-state index in [2.05, 4.69) is 0 Å². The molecule has 3 N–H and O–H groups in total. The van der Waals surface area contributed by atoms with E-state index in [0.29, 0.717) is 5.69 Å². The van der Waals surface area contributed by atoms with Crippen LogP contribution in [-0.4, -0.2) is 34.5 Å². The van der Waals surface area contributed by atoms with Crippen molar-refractivity contribution >= 4 is 17.6 Å². The Morgan fingerprint density at radius 2 is 1.75 bits per heavy atom. The molecule has 0 saturated heterocycles. The van der Waals surface area contributed by atoms with Gasteiger partial charge in [0.2, 0.25) is 5.91 Å². The molecule has 1 amide bonds. The Balaban J connectivity index is 2.72. The number of amides is 1. The van der Waals surface area contributed by atoms with E-state index in [1.165, 1.54) is 4.90 Å². The third-order valence-corrected chi connectivity index (χ3v) is 3.24. The van der Waals surface area contributed by atoms with Gasteiger partial charge in [-0.1, -0.05) is 19.1 Å². The summed E-state index contributed by atoms with van der Waals surface area (Å²) < 4.78 is 0. The molecule has 0 radical (unpaired) electrons. The van der Waals surface area contributed by atoms with Gasteiger partial charge in [-0.15, -0.1) is 0 Å². The summed E-state index contributed by atoms with van der Waals surface area (Å²) in [6, 6.07) is 7.26. The highest BCUT2D eigenvalue weighted by atomic mass is 16.4. The van der Waals surface area contributed by atoms with E-state index in [4.69, 9.17) is 10.8 Å². The quantitative estimate of drug-likeness (QED) is 0.780. The summed E-state index contributed by atoms with van der Waals surface area (Å²) in [4.78, 5) is 24.4. The first-order valence-corrected chi connectivity index (χ1v) is 6.68. The minimum atomic E-state index is -0.993. The third kappa shape index (κ3) is 4.57. The maximum absolute atomic E-state index is 12.2. The molecule has 20 heavy (non-hydrogen) atoms. The molecule has 0 fully saturated rings. The Labute approximate surface area is 119 Å². The highest BCUT2D eigenvalue weighted by molar-refractivity contribution is 5.82.